The van der Waals surface area contributed by atoms with Crippen molar-refractivity contribution in [3.05, 3.63) is 57.1 Å². The highest BCUT2D eigenvalue weighted by molar-refractivity contribution is 7.09. The van der Waals surface area contributed by atoms with Crippen molar-refractivity contribution in [2.45, 2.75) is 19.9 Å². The summed E-state index contributed by atoms with van der Waals surface area (Å²) < 4.78 is 0. The second-order valence-corrected chi connectivity index (χ2v) is 8.03. The standard InChI is InChI=1S/C20H21ClN4OS/c1-2-19-22-16(13-27-19)12-24-7-9-25(10-8-24)20(26)15-3-5-17-14(11-15)4-6-18(21)23-17/h3-6,11,13H,2,7-10,12H2,1H3. The lowest BCUT2D eigenvalue weighted by atomic mass is 10.1. The number of benzene rings is 1. The second-order valence-electron chi connectivity index (χ2n) is 6.70. The Morgan fingerprint density at radius 2 is 1.96 bits per heavy atom. The summed E-state index contributed by atoms with van der Waals surface area (Å²) in [7, 11) is 0. The van der Waals surface area contributed by atoms with Crippen LogP contribution in [-0.2, 0) is 13.0 Å². The van der Waals surface area contributed by atoms with Gasteiger partial charge in [0.05, 0.1) is 16.2 Å². The third-order valence-electron chi connectivity index (χ3n) is 4.85. The molecular formula is C20H21ClN4OS. The van der Waals surface area contributed by atoms with E-state index in [2.05, 4.69) is 27.2 Å². The molecule has 0 N–H and O–H groups in total. The number of halogens is 1. The molecular weight excluding hydrogens is 380 g/mol. The van der Waals surface area contributed by atoms with Crippen LogP contribution < -0.4 is 0 Å². The van der Waals surface area contributed by atoms with Gasteiger partial charge in [-0.1, -0.05) is 18.5 Å². The summed E-state index contributed by atoms with van der Waals surface area (Å²) in [5.41, 5.74) is 2.64. The fourth-order valence-electron chi connectivity index (χ4n) is 3.34. The lowest BCUT2D eigenvalue weighted by Crippen LogP contribution is -2.48. The Bertz CT molecular complexity index is 966. The lowest BCUT2D eigenvalue weighted by Gasteiger charge is -2.34. The molecule has 0 radical (unpaired) electrons. The quantitative estimate of drug-likeness (QED) is 0.624. The number of aromatic nitrogens is 2. The molecule has 3 heterocycles. The minimum absolute atomic E-state index is 0.0772. The normalized spacial score (nSPS) is 15.4. The van der Waals surface area contributed by atoms with E-state index >= 15 is 0 Å². The maximum Gasteiger partial charge on any atom is 0.253 e. The van der Waals surface area contributed by atoms with Crippen LogP contribution in [0.15, 0.2) is 35.7 Å². The highest BCUT2D eigenvalue weighted by Gasteiger charge is 2.22. The summed E-state index contributed by atoms with van der Waals surface area (Å²) in [6.45, 7) is 6.21. The molecule has 1 aliphatic heterocycles. The summed E-state index contributed by atoms with van der Waals surface area (Å²) in [6.07, 6.45) is 0.987. The molecule has 0 spiro atoms. The highest BCUT2D eigenvalue weighted by atomic mass is 35.5. The van der Waals surface area contributed by atoms with E-state index in [1.54, 1.807) is 17.4 Å². The first-order valence-electron chi connectivity index (χ1n) is 9.13. The molecule has 7 heteroatoms. The molecule has 1 saturated heterocycles. The summed E-state index contributed by atoms with van der Waals surface area (Å²) >= 11 is 7.66. The topological polar surface area (TPSA) is 49.3 Å². The van der Waals surface area contributed by atoms with Crippen LogP contribution in [0.5, 0.6) is 0 Å². The number of carbonyl (C=O) groups excluding carboxylic acids is 1. The van der Waals surface area contributed by atoms with Crippen LogP contribution in [0.3, 0.4) is 0 Å². The molecule has 0 bridgehead atoms. The molecule has 140 valence electrons. The summed E-state index contributed by atoms with van der Waals surface area (Å²) in [6, 6.07) is 9.24. The third-order valence-corrected chi connectivity index (χ3v) is 6.10. The van der Waals surface area contributed by atoms with Gasteiger partial charge >= 0.3 is 0 Å². The second kappa shape index (κ2) is 7.92. The van der Waals surface area contributed by atoms with Gasteiger partial charge < -0.3 is 4.90 Å². The molecule has 1 amide bonds. The van der Waals surface area contributed by atoms with E-state index in [1.807, 2.05) is 29.2 Å². The van der Waals surface area contributed by atoms with Crippen LogP contribution in [0.25, 0.3) is 10.9 Å². The van der Waals surface area contributed by atoms with Gasteiger partial charge in [-0.15, -0.1) is 11.3 Å². The minimum Gasteiger partial charge on any atom is -0.336 e. The Hall–Kier alpha value is -2.02. The first kappa shape index (κ1) is 18.3. The number of amides is 1. The van der Waals surface area contributed by atoms with Gasteiger partial charge in [-0.3, -0.25) is 9.69 Å². The van der Waals surface area contributed by atoms with Crippen molar-refractivity contribution < 1.29 is 4.79 Å². The predicted molar refractivity (Wildman–Crippen MR) is 109 cm³/mol. The molecule has 1 aromatic carbocycles. The number of piperazine rings is 1. The van der Waals surface area contributed by atoms with Crippen molar-refractivity contribution in [2.75, 3.05) is 26.2 Å². The smallest absolute Gasteiger partial charge is 0.253 e. The number of pyridine rings is 1. The van der Waals surface area contributed by atoms with Gasteiger partial charge in [0.2, 0.25) is 0 Å². The van der Waals surface area contributed by atoms with Crippen molar-refractivity contribution >= 4 is 39.7 Å². The summed E-state index contributed by atoms with van der Waals surface area (Å²) in [4.78, 5) is 26.1. The van der Waals surface area contributed by atoms with E-state index in [4.69, 9.17) is 11.6 Å². The predicted octanol–water partition coefficient (Wildman–Crippen LogP) is 3.87. The van der Waals surface area contributed by atoms with E-state index in [9.17, 15) is 4.79 Å². The Morgan fingerprint density at radius 1 is 1.15 bits per heavy atom. The first-order valence-corrected chi connectivity index (χ1v) is 10.4. The van der Waals surface area contributed by atoms with Crippen LogP contribution in [0.1, 0.15) is 28.0 Å². The summed E-state index contributed by atoms with van der Waals surface area (Å²) in [5, 5.41) is 4.72. The van der Waals surface area contributed by atoms with E-state index in [0.29, 0.717) is 10.7 Å². The number of hydrogen-bond acceptors (Lipinski definition) is 5. The van der Waals surface area contributed by atoms with Crippen LogP contribution in [0.4, 0.5) is 0 Å². The Morgan fingerprint density at radius 3 is 2.70 bits per heavy atom. The van der Waals surface area contributed by atoms with Crippen molar-refractivity contribution in [3.8, 4) is 0 Å². The molecule has 0 atom stereocenters. The number of nitrogens with zero attached hydrogens (tertiary/aromatic N) is 4. The highest BCUT2D eigenvalue weighted by Crippen LogP contribution is 2.19. The molecule has 4 rings (SSSR count). The van der Waals surface area contributed by atoms with E-state index in [-0.39, 0.29) is 5.91 Å². The van der Waals surface area contributed by atoms with E-state index in [1.165, 1.54) is 5.01 Å². The van der Waals surface area contributed by atoms with Crippen molar-refractivity contribution in [1.82, 2.24) is 19.8 Å². The maximum atomic E-state index is 12.9. The number of carbonyl (C=O) groups is 1. The monoisotopic (exact) mass is 400 g/mol. The molecule has 0 unspecified atom stereocenters. The largest absolute Gasteiger partial charge is 0.336 e. The minimum atomic E-state index is 0.0772. The van der Waals surface area contributed by atoms with Gasteiger partial charge in [0.15, 0.2) is 0 Å². The summed E-state index contributed by atoms with van der Waals surface area (Å²) in [5.74, 6) is 0.0772. The van der Waals surface area contributed by atoms with Crippen molar-refractivity contribution in [1.29, 1.82) is 0 Å². The Kier molecular flexibility index (Phi) is 5.38. The zero-order chi connectivity index (χ0) is 18.8. The van der Waals surface area contributed by atoms with Crippen LogP contribution in [0.2, 0.25) is 5.15 Å². The Balaban J connectivity index is 1.38. The van der Waals surface area contributed by atoms with Crippen LogP contribution >= 0.6 is 22.9 Å². The fourth-order valence-corrected chi connectivity index (χ4v) is 4.23. The van der Waals surface area contributed by atoms with Crippen molar-refractivity contribution in [3.63, 3.8) is 0 Å². The molecule has 27 heavy (non-hydrogen) atoms. The zero-order valence-electron chi connectivity index (χ0n) is 15.2. The molecule has 0 saturated carbocycles. The Labute approximate surface area is 167 Å². The molecule has 3 aromatic rings. The number of fused-ring (bicyclic) bond motifs is 1. The number of aryl methyl sites for hydroxylation is 1. The van der Waals surface area contributed by atoms with Crippen LogP contribution in [-0.4, -0.2) is 51.9 Å². The first-order chi connectivity index (χ1) is 13.1. The van der Waals surface area contributed by atoms with Gasteiger partial charge in [-0.05, 0) is 36.8 Å². The molecule has 5 nitrogen and oxygen atoms in total. The van der Waals surface area contributed by atoms with Crippen LogP contribution in [0, 0.1) is 0 Å². The molecule has 1 aliphatic rings. The molecule has 0 aliphatic carbocycles. The zero-order valence-corrected chi connectivity index (χ0v) is 16.8. The van der Waals surface area contributed by atoms with Gasteiger partial charge in [0.1, 0.15) is 5.15 Å². The number of thiazole rings is 1. The molecule has 2 aromatic heterocycles. The maximum absolute atomic E-state index is 12.9. The van der Waals surface area contributed by atoms with E-state index < -0.39 is 0 Å². The molecule has 1 fully saturated rings. The third kappa shape index (κ3) is 4.13. The van der Waals surface area contributed by atoms with E-state index in [0.717, 1.165) is 55.7 Å². The fraction of sp³-hybridized carbons (Fsp3) is 0.350. The van der Waals surface area contributed by atoms with Crippen molar-refractivity contribution in [2.24, 2.45) is 0 Å². The average molecular weight is 401 g/mol. The number of hydrogen-bond donors (Lipinski definition) is 0. The SMILES string of the molecule is CCc1nc(CN2CCN(C(=O)c3ccc4nc(Cl)ccc4c3)CC2)cs1. The number of rotatable bonds is 4. The van der Waals surface area contributed by atoms with Gasteiger partial charge in [-0.25, -0.2) is 9.97 Å². The lowest BCUT2D eigenvalue weighted by molar-refractivity contribution is 0.0627. The average Bonchev–Trinajstić information content (AvgIpc) is 3.15. The van der Waals surface area contributed by atoms with Gasteiger partial charge in [-0.2, -0.15) is 0 Å². The van der Waals surface area contributed by atoms with Gasteiger partial charge in [0, 0.05) is 49.1 Å². The van der Waals surface area contributed by atoms with Gasteiger partial charge in [0.25, 0.3) is 5.91 Å².